The van der Waals surface area contributed by atoms with Crippen LogP contribution < -0.4 is 5.32 Å². The maximum atomic E-state index is 5.79. The van der Waals surface area contributed by atoms with E-state index in [-0.39, 0.29) is 0 Å². The largest absolute Gasteiger partial charge is 0.377 e. The molecule has 0 aromatic rings. The van der Waals surface area contributed by atoms with Crippen LogP contribution >= 0.6 is 0 Å². The molecule has 1 fully saturated rings. The monoisotopic (exact) mass is 199 g/mol. The Morgan fingerprint density at radius 1 is 1.43 bits per heavy atom. The molecule has 1 heterocycles. The number of hydrogen-bond acceptors (Lipinski definition) is 2. The summed E-state index contributed by atoms with van der Waals surface area (Å²) in [4.78, 5) is 0. The van der Waals surface area contributed by atoms with Crippen LogP contribution in [-0.4, -0.2) is 25.3 Å². The van der Waals surface area contributed by atoms with Gasteiger partial charge in [-0.1, -0.05) is 27.2 Å². The van der Waals surface area contributed by atoms with Crippen LogP contribution in [0.3, 0.4) is 0 Å². The van der Waals surface area contributed by atoms with Crippen molar-refractivity contribution in [3.8, 4) is 0 Å². The Bertz CT molecular complexity index is 147. The fourth-order valence-electron chi connectivity index (χ4n) is 2.05. The summed E-state index contributed by atoms with van der Waals surface area (Å²) in [5.74, 6) is 0.793. The molecule has 0 radical (unpaired) electrons. The maximum absolute atomic E-state index is 5.79. The highest BCUT2D eigenvalue weighted by Crippen LogP contribution is 2.17. The minimum atomic E-state index is 0.477. The van der Waals surface area contributed by atoms with Crippen molar-refractivity contribution in [1.29, 1.82) is 0 Å². The van der Waals surface area contributed by atoms with Gasteiger partial charge in [-0.05, 0) is 25.2 Å². The minimum absolute atomic E-state index is 0.477. The molecule has 1 saturated heterocycles. The number of unbranched alkanes of at least 4 members (excludes halogenated alkanes) is 1. The molecule has 0 aliphatic carbocycles. The van der Waals surface area contributed by atoms with Gasteiger partial charge in [-0.3, -0.25) is 0 Å². The molecular formula is C12H25NO. The highest BCUT2D eigenvalue weighted by Gasteiger charge is 2.24. The average molecular weight is 199 g/mol. The zero-order valence-corrected chi connectivity index (χ0v) is 9.88. The minimum Gasteiger partial charge on any atom is -0.377 e. The van der Waals surface area contributed by atoms with Crippen molar-refractivity contribution in [3.05, 3.63) is 0 Å². The maximum Gasteiger partial charge on any atom is 0.0714 e. The van der Waals surface area contributed by atoms with Crippen LogP contribution in [-0.2, 0) is 4.74 Å². The van der Waals surface area contributed by atoms with Crippen LogP contribution in [0.5, 0.6) is 0 Å². The van der Waals surface area contributed by atoms with Gasteiger partial charge < -0.3 is 10.1 Å². The predicted octanol–water partition coefficient (Wildman–Crippen LogP) is 2.58. The van der Waals surface area contributed by atoms with Crippen LogP contribution in [0.1, 0.15) is 46.5 Å². The molecule has 0 amide bonds. The Balaban J connectivity index is 2.08. The van der Waals surface area contributed by atoms with Crippen molar-refractivity contribution in [2.45, 2.75) is 58.6 Å². The van der Waals surface area contributed by atoms with Gasteiger partial charge in [-0.15, -0.1) is 0 Å². The number of ether oxygens (including phenoxy) is 1. The Labute approximate surface area is 88.4 Å². The molecule has 0 spiro atoms. The molecule has 2 nitrogen and oxygen atoms in total. The highest BCUT2D eigenvalue weighted by molar-refractivity contribution is 4.82. The molecular weight excluding hydrogens is 174 g/mol. The topological polar surface area (TPSA) is 21.3 Å². The molecule has 0 unspecified atom stereocenters. The van der Waals surface area contributed by atoms with E-state index < -0.39 is 0 Å². The Hall–Kier alpha value is -0.0800. The summed E-state index contributed by atoms with van der Waals surface area (Å²) < 4.78 is 5.79. The van der Waals surface area contributed by atoms with E-state index >= 15 is 0 Å². The normalized spacial score (nSPS) is 27.4. The van der Waals surface area contributed by atoms with Crippen molar-refractivity contribution >= 4 is 0 Å². The van der Waals surface area contributed by atoms with Crippen LogP contribution in [0.2, 0.25) is 0 Å². The molecule has 1 aliphatic rings. The lowest BCUT2D eigenvalue weighted by Crippen LogP contribution is -2.23. The summed E-state index contributed by atoms with van der Waals surface area (Å²) in [6.45, 7) is 8.77. The third-order valence-electron chi connectivity index (χ3n) is 2.79. The van der Waals surface area contributed by atoms with E-state index in [9.17, 15) is 0 Å². The van der Waals surface area contributed by atoms with Crippen LogP contribution in [0.25, 0.3) is 0 Å². The molecule has 0 aromatic heterocycles. The smallest absolute Gasteiger partial charge is 0.0714 e. The summed E-state index contributed by atoms with van der Waals surface area (Å²) in [5.41, 5.74) is 0. The van der Waals surface area contributed by atoms with E-state index in [0.717, 1.165) is 19.1 Å². The first-order chi connectivity index (χ1) is 6.72. The third kappa shape index (κ3) is 4.43. The molecule has 84 valence electrons. The first-order valence-electron chi connectivity index (χ1n) is 6.07. The van der Waals surface area contributed by atoms with Gasteiger partial charge in [-0.2, -0.15) is 0 Å². The van der Waals surface area contributed by atoms with Gasteiger partial charge in [0.1, 0.15) is 0 Å². The molecule has 0 bridgehead atoms. The van der Waals surface area contributed by atoms with E-state index in [4.69, 9.17) is 4.74 Å². The van der Waals surface area contributed by atoms with Crippen LogP contribution in [0, 0.1) is 5.92 Å². The quantitative estimate of drug-likeness (QED) is 0.664. The van der Waals surface area contributed by atoms with Crippen LogP contribution in [0.15, 0.2) is 0 Å². The van der Waals surface area contributed by atoms with Gasteiger partial charge in [0.05, 0.1) is 6.10 Å². The number of hydrogen-bond donors (Lipinski definition) is 1. The van der Waals surface area contributed by atoms with Gasteiger partial charge in [0.2, 0.25) is 0 Å². The summed E-state index contributed by atoms with van der Waals surface area (Å²) >= 11 is 0. The van der Waals surface area contributed by atoms with Crippen molar-refractivity contribution in [2.24, 2.45) is 5.92 Å². The number of nitrogens with one attached hydrogen (secondary N) is 1. The molecule has 2 heteroatoms. The highest BCUT2D eigenvalue weighted by atomic mass is 16.5. The van der Waals surface area contributed by atoms with Gasteiger partial charge in [0.25, 0.3) is 0 Å². The van der Waals surface area contributed by atoms with Crippen molar-refractivity contribution in [1.82, 2.24) is 5.32 Å². The van der Waals surface area contributed by atoms with E-state index in [1.54, 1.807) is 0 Å². The van der Waals surface area contributed by atoms with Gasteiger partial charge in [0, 0.05) is 19.2 Å². The second kappa shape index (κ2) is 6.41. The van der Waals surface area contributed by atoms with Crippen molar-refractivity contribution in [3.63, 3.8) is 0 Å². The lowest BCUT2D eigenvalue weighted by atomic mass is 10.0. The SMILES string of the molecule is CCCCO[C@@H]1CN[C@@H](CC(C)C)C1. The zero-order valence-electron chi connectivity index (χ0n) is 9.88. The summed E-state index contributed by atoms with van der Waals surface area (Å²) in [6.07, 6.45) is 5.40. The predicted molar refractivity (Wildman–Crippen MR) is 60.5 cm³/mol. The van der Waals surface area contributed by atoms with Gasteiger partial charge in [-0.25, -0.2) is 0 Å². The van der Waals surface area contributed by atoms with Crippen molar-refractivity contribution in [2.75, 3.05) is 13.2 Å². The molecule has 0 saturated carbocycles. The Morgan fingerprint density at radius 3 is 2.86 bits per heavy atom. The summed E-state index contributed by atoms with van der Waals surface area (Å²) in [6, 6.07) is 0.696. The van der Waals surface area contributed by atoms with E-state index in [2.05, 4.69) is 26.1 Å². The molecule has 2 atom stereocenters. The van der Waals surface area contributed by atoms with E-state index in [1.165, 1.54) is 25.7 Å². The van der Waals surface area contributed by atoms with E-state index in [0.29, 0.717) is 12.1 Å². The first kappa shape index (κ1) is 12.0. The average Bonchev–Trinajstić information content (AvgIpc) is 2.52. The first-order valence-corrected chi connectivity index (χ1v) is 6.07. The van der Waals surface area contributed by atoms with Gasteiger partial charge >= 0.3 is 0 Å². The third-order valence-corrected chi connectivity index (χ3v) is 2.79. The second-order valence-electron chi connectivity index (χ2n) is 4.82. The molecule has 1 N–H and O–H groups in total. The summed E-state index contributed by atoms with van der Waals surface area (Å²) in [7, 11) is 0. The lowest BCUT2D eigenvalue weighted by molar-refractivity contribution is 0.0630. The Kier molecular flexibility index (Phi) is 5.49. The van der Waals surface area contributed by atoms with E-state index in [1.807, 2.05) is 0 Å². The zero-order chi connectivity index (χ0) is 10.4. The Morgan fingerprint density at radius 2 is 2.21 bits per heavy atom. The molecule has 0 aromatic carbocycles. The summed E-state index contributed by atoms with van der Waals surface area (Å²) in [5, 5.41) is 3.54. The fraction of sp³-hybridized carbons (Fsp3) is 1.00. The molecule has 1 aliphatic heterocycles. The van der Waals surface area contributed by atoms with Crippen LogP contribution in [0.4, 0.5) is 0 Å². The number of rotatable bonds is 6. The molecule has 14 heavy (non-hydrogen) atoms. The van der Waals surface area contributed by atoms with Gasteiger partial charge in [0.15, 0.2) is 0 Å². The standard InChI is InChI=1S/C12H25NO/c1-4-5-6-14-12-8-11(13-9-12)7-10(2)3/h10-13H,4-9H2,1-3H3/t11-,12-/m0/s1. The van der Waals surface area contributed by atoms with Crippen molar-refractivity contribution < 1.29 is 4.74 Å². The fourth-order valence-corrected chi connectivity index (χ4v) is 2.05. The lowest BCUT2D eigenvalue weighted by Gasteiger charge is -2.13. The second-order valence-corrected chi connectivity index (χ2v) is 4.82. The molecule has 1 rings (SSSR count).